The summed E-state index contributed by atoms with van der Waals surface area (Å²) in [6.07, 6.45) is 6.39. The van der Waals surface area contributed by atoms with Crippen molar-refractivity contribution >= 4 is 0 Å². The molecule has 1 heterocycles. The van der Waals surface area contributed by atoms with Gasteiger partial charge < -0.3 is 14.6 Å². The van der Waals surface area contributed by atoms with Crippen LogP contribution in [0.4, 0.5) is 0 Å². The summed E-state index contributed by atoms with van der Waals surface area (Å²) < 4.78 is 11.3. The van der Waals surface area contributed by atoms with Crippen molar-refractivity contribution in [1.29, 1.82) is 0 Å². The first kappa shape index (κ1) is 16.4. The second-order valence-corrected chi connectivity index (χ2v) is 5.96. The van der Waals surface area contributed by atoms with Gasteiger partial charge in [0.1, 0.15) is 5.60 Å². The Morgan fingerprint density at radius 2 is 2.05 bits per heavy atom. The molecule has 1 aromatic heterocycles. The van der Waals surface area contributed by atoms with Crippen LogP contribution in [0.25, 0.3) is 0 Å². The van der Waals surface area contributed by atoms with Gasteiger partial charge in [-0.1, -0.05) is 32.3 Å². The second-order valence-electron chi connectivity index (χ2n) is 5.96. The summed E-state index contributed by atoms with van der Waals surface area (Å²) in [5, 5.41) is 7.83. The van der Waals surface area contributed by atoms with Gasteiger partial charge in [-0.3, -0.25) is 0 Å². The summed E-state index contributed by atoms with van der Waals surface area (Å²) in [5.41, 5.74) is -0.410. The number of hydrogen-bond donors (Lipinski definition) is 1. The van der Waals surface area contributed by atoms with Crippen LogP contribution in [-0.2, 0) is 10.3 Å². The van der Waals surface area contributed by atoms with Gasteiger partial charge in [-0.05, 0) is 38.6 Å². The predicted octanol–water partition coefficient (Wildman–Crippen LogP) is 3.37. The molecule has 5 heteroatoms. The van der Waals surface area contributed by atoms with Crippen LogP contribution in [0.2, 0.25) is 0 Å². The van der Waals surface area contributed by atoms with Crippen molar-refractivity contribution in [3.63, 3.8) is 0 Å². The number of rotatable bonds is 8. The van der Waals surface area contributed by atoms with Crippen molar-refractivity contribution in [3.8, 4) is 0 Å². The Labute approximate surface area is 127 Å². The molecule has 1 aromatic rings. The molecule has 120 valence electrons. The molecular weight excluding hydrogens is 266 g/mol. The lowest BCUT2D eigenvalue weighted by Gasteiger charge is -2.26. The monoisotopic (exact) mass is 295 g/mol. The van der Waals surface area contributed by atoms with Gasteiger partial charge in [-0.25, -0.2) is 0 Å². The average molecular weight is 295 g/mol. The maximum absolute atomic E-state index is 5.69. The summed E-state index contributed by atoms with van der Waals surface area (Å²) in [6.45, 7) is 7.44. The molecule has 0 aromatic carbocycles. The average Bonchev–Trinajstić information content (AvgIpc) is 3.16. The van der Waals surface area contributed by atoms with Gasteiger partial charge in [0.2, 0.25) is 11.7 Å². The van der Waals surface area contributed by atoms with E-state index < -0.39 is 5.60 Å². The van der Waals surface area contributed by atoms with E-state index in [4.69, 9.17) is 14.2 Å². The van der Waals surface area contributed by atoms with Crippen LogP contribution in [-0.4, -0.2) is 29.8 Å². The van der Waals surface area contributed by atoms with Crippen molar-refractivity contribution in [2.45, 2.75) is 76.9 Å². The summed E-state index contributed by atoms with van der Waals surface area (Å²) in [4.78, 5) is 4.69. The van der Waals surface area contributed by atoms with Crippen LogP contribution in [0.5, 0.6) is 0 Å². The maximum atomic E-state index is 5.69. The smallest absolute Gasteiger partial charge is 0.231 e. The van der Waals surface area contributed by atoms with E-state index in [1.165, 1.54) is 12.8 Å². The highest BCUT2D eigenvalue weighted by Crippen LogP contribution is 2.36. The lowest BCUT2D eigenvalue weighted by Crippen LogP contribution is -2.32. The second kappa shape index (κ2) is 7.36. The molecule has 0 radical (unpaired) electrons. The summed E-state index contributed by atoms with van der Waals surface area (Å²) in [7, 11) is 1.73. The molecule has 2 atom stereocenters. The third kappa shape index (κ3) is 3.29. The summed E-state index contributed by atoms with van der Waals surface area (Å²) >= 11 is 0. The van der Waals surface area contributed by atoms with Gasteiger partial charge in [0.05, 0.1) is 5.92 Å². The molecule has 0 bridgehead atoms. The lowest BCUT2D eigenvalue weighted by atomic mass is 9.96. The van der Waals surface area contributed by atoms with E-state index in [0.29, 0.717) is 17.8 Å². The maximum Gasteiger partial charge on any atom is 0.231 e. The summed E-state index contributed by atoms with van der Waals surface area (Å²) in [5.74, 6) is 1.83. The Balaban J connectivity index is 2.15. The highest BCUT2D eigenvalue weighted by Gasteiger charge is 2.37. The molecule has 2 unspecified atom stereocenters. The molecule has 2 rings (SSSR count). The van der Waals surface area contributed by atoms with Crippen LogP contribution in [0, 0.1) is 0 Å². The fraction of sp³-hybridized carbons (Fsp3) is 0.875. The van der Waals surface area contributed by atoms with Gasteiger partial charge in [-0.2, -0.15) is 4.98 Å². The van der Waals surface area contributed by atoms with Gasteiger partial charge in [0.15, 0.2) is 0 Å². The van der Waals surface area contributed by atoms with Crippen LogP contribution < -0.4 is 5.32 Å². The normalized spacial score (nSPS) is 22.9. The van der Waals surface area contributed by atoms with E-state index >= 15 is 0 Å². The first-order valence-electron chi connectivity index (χ1n) is 8.33. The Hall–Kier alpha value is -0.940. The Morgan fingerprint density at radius 3 is 2.67 bits per heavy atom. The molecular formula is C16H29N3O2. The van der Waals surface area contributed by atoms with Crippen molar-refractivity contribution in [3.05, 3.63) is 11.7 Å². The van der Waals surface area contributed by atoms with Gasteiger partial charge in [-0.15, -0.1) is 0 Å². The third-order valence-electron chi connectivity index (χ3n) is 4.87. The number of ether oxygens (including phenoxy) is 1. The minimum absolute atomic E-state index is 0.348. The van der Waals surface area contributed by atoms with Gasteiger partial charge >= 0.3 is 0 Å². The molecule has 1 aliphatic carbocycles. The first-order chi connectivity index (χ1) is 10.2. The van der Waals surface area contributed by atoms with Crippen molar-refractivity contribution in [1.82, 2.24) is 15.5 Å². The Morgan fingerprint density at radius 1 is 1.29 bits per heavy atom. The zero-order valence-corrected chi connectivity index (χ0v) is 13.8. The molecule has 1 aliphatic rings. The highest BCUT2D eigenvalue weighted by atomic mass is 16.5. The third-order valence-corrected chi connectivity index (χ3v) is 4.87. The molecule has 0 aliphatic heterocycles. The Kier molecular flexibility index (Phi) is 5.76. The van der Waals surface area contributed by atoms with Gasteiger partial charge in [0.25, 0.3) is 0 Å². The molecule has 0 saturated heterocycles. The van der Waals surface area contributed by atoms with E-state index in [9.17, 15) is 0 Å². The number of methoxy groups -OCH3 is 1. The van der Waals surface area contributed by atoms with E-state index in [-0.39, 0.29) is 0 Å². The molecule has 0 spiro atoms. The van der Waals surface area contributed by atoms with E-state index in [0.717, 1.165) is 38.1 Å². The number of nitrogens with one attached hydrogen (secondary N) is 1. The molecule has 1 fully saturated rings. The lowest BCUT2D eigenvalue weighted by molar-refractivity contribution is -0.0306. The number of aromatic nitrogens is 2. The fourth-order valence-electron chi connectivity index (χ4n) is 3.35. The van der Waals surface area contributed by atoms with E-state index in [1.54, 1.807) is 7.11 Å². The Bertz CT molecular complexity index is 421. The quantitative estimate of drug-likeness (QED) is 0.797. The molecule has 1 N–H and O–H groups in total. The van der Waals surface area contributed by atoms with Crippen molar-refractivity contribution in [2.24, 2.45) is 0 Å². The zero-order valence-electron chi connectivity index (χ0n) is 13.8. The topological polar surface area (TPSA) is 60.2 Å². The minimum atomic E-state index is -0.410. The zero-order chi connectivity index (χ0) is 15.3. The molecule has 1 saturated carbocycles. The summed E-state index contributed by atoms with van der Waals surface area (Å²) in [6, 6.07) is 0.471. The highest BCUT2D eigenvalue weighted by molar-refractivity contribution is 5.07. The van der Waals surface area contributed by atoms with Crippen molar-refractivity contribution < 1.29 is 9.26 Å². The SMILES string of the molecule is CCCNC1CCCC1c1nc(C(CC)(CC)OC)no1. The molecule has 21 heavy (non-hydrogen) atoms. The largest absolute Gasteiger partial charge is 0.370 e. The van der Waals surface area contributed by atoms with Crippen LogP contribution in [0.15, 0.2) is 4.52 Å². The first-order valence-corrected chi connectivity index (χ1v) is 8.33. The van der Waals surface area contributed by atoms with Crippen molar-refractivity contribution in [2.75, 3.05) is 13.7 Å². The van der Waals surface area contributed by atoms with Gasteiger partial charge in [0, 0.05) is 13.2 Å². The molecule has 5 nitrogen and oxygen atoms in total. The number of nitrogens with zero attached hydrogens (tertiary/aromatic N) is 2. The number of hydrogen-bond acceptors (Lipinski definition) is 5. The minimum Gasteiger partial charge on any atom is -0.370 e. The fourth-order valence-corrected chi connectivity index (χ4v) is 3.35. The molecule has 0 amide bonds. The van der Waals surface area contributed by atoms with E-state index in [2.05, 4.69) is 31.2 Å². The van der Waals surface area contributed by atoms with E-state index in [1.807, 2.05) is 0 Å². The van der Waals surface area contributed by atoms with Crippen LogP contribution in [0.3, 0.4) is 0 Å². The van der Waals surface area contributed by atoms with Crippen LogP contribution in [0.1, 0.15) is 76.9 Å². The van der Waals surface area contributed by atoms with Crippen LogP contribution >= 0.6 is 0 Å². The predicted molar refractivity (Wildman–Crippen MR) is 82.2 cm³/mol. The standard InChI is InChI=1S/C16H29N3O2/c1-5-11-17-13-10-8-9-12(13)14-18-15(19-21-14)16(6-2,7-3)20-4/h12-13,17H,5-11H2,1-4H3.